The summed E-state index contributed by atoms with van der Waals surface area (Å²) in [6, 6.07) is 4.53. The monoisotopic (exact) mass is 196 g/mol. The summed E-state index contributed by atoms with van der Waals surface area (Å²) in [5.74, 6) is 0. The van der Waals surface area contributed by atoms with Gasteiger partial charge in [0, 0.05) is 14.3 Å². The van der Waals surface area contributed by atoms with Gasteiger partial charge in [0.25, 0.3) is 0 Å². The lowest BCUT2D eigenvalue weighted by Gasteiger charge is -2.14. The Morgan fingerprint density at radius 2 is 1.92 bits per heavy atom. The minimum absolute atomic E-state index is 0.309. The molecule has 64 valence electrons. The van der Waals surface area contributed by atoms with Crippen LogP contribution >= 0.6 is 22.7 Å². The molecule has 0 aromatic carbocycles. The maximum atomic E-state index is 2.32. The Balaban J connectivity index is 2.59. The number of fused-ring (bicyclic) bond motifs is 1. The van der Waals surface area contributed by atoms with E-state index in [2.05, 4.69) is 38.3 Å². The Labute approximate surface area is 80.9 Å². The Bertz CT molecular complexity index is 359. The van der Waals surface area contributed by atoms with E-state index >= 15 is 0 Å². The minimum Gasteiger partial charge on any atom is -0.143 e. The van der Waals surface area contributed by atoms with Crippen molar-refractivity contribution in [3.05, 3.63) is 22.4 Å². The first-order chi connectivity index (χ1) is 5.57. The predicted octanol–water partition coefficient (Wildman–Crippen LogP) is 4.26. The molecule has 0 aliphatic rings. The van der Waals surface area contributed by atoms with E-state index in [1.54, 1.807) is 0 Å². The van der Waals surface area contributed by atoms with Crippen LogP contribution in [-0.4, -0.2) is 0 Å². The number of hydrogen-bond acceptors (Lipinski definition) is 2. The molecule has 0 fully saturated rings. The second kappa shape index (κ2) is 2.57. The average molecular weight is 196 g/mol. The molecule has 0 bridgehead atoms. The van der Waals surface area contributed by atoms with Gasteiger partial charge in [0.05, 0.1) is 0 Å². The van der Waals surface area contributed by atoms with Crippen LogP contribution < -0.4 is 0 Å². The molecule has 0 aliphatic carbocycles. The summed E-state index contributed by atoms with van der Waals surface area (Å²) in [5.41, 5.74) is 0.309. The van der Waals surface area contributed by atoms with Crippen molar-refractivity contribution >= 4 is 32.1 Å². The van der Waals surface area contributed by atoms with Crippen LogP contribution in [0.1, 0.15) is 25.6 Å². The molecule has 0 nitrogen and oxygen atoms in total. The Morgan fingerprint density at radius 1 is 1.17 bits per heavy atom. The van der Waals surface area contributed by atoms with E-state index in [1.165, 1.54) is 14.3 Å². The highest BCUT2D eigenvalue weighted by atomic mass is 32.1. The molecule has 2 rings (SSSR count). The van der Waals surface area contributed by atoms with E-state index in [0.717, 1.165) is 0 Å². The molecule has 0 amide bonds. The van der Waals surface area contributed by atoms with Crippen molar-refractivity contribution in [3.8, 4) is 0 Å². The minimum atomic E-state index is 0.309. The molecular formula is C10H12S2. The Hall–Kier alpha value is -0.340. The molecule has 12 heavy (non-hydrogen) atoms. The van der Waals surface area contributed by atoms with Crippen LogP contribution in [0.3, 0.4) is 0 Å². The van der Waals surface area contributed by atoms with E-state index in [4.69, 9.17) is 0 Å². The highest BCUT2D eigenvalue weighted by molar-refractivity contribution is 7.27. The van der Waals surface area contributed by atoms with Crippen molar-refractivity contribution < 1.29 is 0 Å². The van der Waals surface area contributed by atoms with Crippen molar-refractivity contribution in [2.75, 3.05) is 0 Å². The molecule has 0 atom stereocenters. The summed E-state index contributed by atoms with van der Waals surface area (Å²) in [6.45, 7) is 6.80. The smallest absolute Gasteiger partial charge is 0.0453 e. The number of hydrogen-bond donors (Lipinski definition) is 0. The molecule has 0 spiro atoms. The first-order valence-corrected chi connectivity index (χ1v) is 5.74. The third-order valence-corrected chi connectivity index (χ3v) is 4.40. The fourth-order valence-corrected chi connectivity index (χ4v) is 3.30. The summed E-state index contributed by atoms with van der Waals surface area (Å²) in [5, 5.41) is 2.16. The molecule has 0 aliphatic heterocycles. The van der Waals surface area contributed by atoms with Crippen molar-refractivity contribution in [3.63, 3.8) is 0 Å². The van der Waals surface area contributed by atoms with E-state index in [0.29, 0.717) is 5.41 Å². The van der Waals surface area contributed by atoms with Gasteiger partial charge in [-0.15, -0.1) is 22.7 Å². The largest absolute Gasteiger partial charge is 0.143 e. The maximum absolute atomic E-state index is 2.32. The lowest BCUT2D eigenvalue weighted by atomic mass is 9.95. The number of thiophene rings is 2. The van der Waals surface area contributed by atoms with Gasteiger partial charge in [-0.3, -0.25) is 0 Å². The third-order valence-electron chi connectivity index (χ3n) is 1.88. The van der Waals surface area contributed by atoms with Crippen molar-refractivity contribution in [2.45, 2.75) is 26.2 Å². The Morgan fingerprint density at radius 3 is 2.50 bits per heavy atom. The molecular weight excluding hydrogens is 184 g/mol. The van der Waals surface area contributed by atoms with Gasteiger partial charge in [-0.25, -0.2) is 0 Å². The second-order valence-corrected chi connectivity index (χ2v) is 6.04. The lowest BCUT2D eigenvalue weighted by Crippen LogP contribution is -2.07. The van der Waals surface area contributed by atoms with Gasteiger partial charge >= 0.3 is 0 Å². The highest BCUT2D eigenvalue weighted by Crippen LogP contribution is 2.36. The molecule has 2 aromatic rings. The normalized spacial score (nSPS) is 12.6. The SMILES string of the molecule is CC(C)(C)c1cc2sccc2s1. The Kier molecular flexibility index (Phi) is 1.77. The van der Waals surface area contributed by atoms with Crippen LogP contribution in [-0.2, 0) is 5.41 Å². The van der Waals surface area contributed by atoms with Crippen LogP contribution in [0.15, 0.2) is 17.5 Å². The van der Waals surface area contributed by atoms with Crippen molar-refractivity contribution in [2.24, 2.45) is 0 Å². The predicted molar refractivity (Wildman–Crippen MR) is 58.4 cm³/mol. The van der Waals surface area contributed by atoms with Crippen LogP contribution in [0.2, 0.25) is 0 Å². The summed E-state index contributed by atoms with van der Waals surface area (Å²) in [7, 11) is 0. The molecule has 2 heteroatoms. The van der Waals surface area contributed by atoms with Crippen LogP contribution in [0.4, 0.5) is 0 Å². The summed E-state index contributed by atoms with van der Waals surface area (Å²) in [4.78, 5) is 1.49. The zero-order chi connectivity index (χ0) is 8.77. The van der Waals surface area contributed by atoms with Crippen molar-refractivity contribution in [1.29, 1.82) is 0 Å². The summed E-state index contributed by atoms with van der Waals surface area (Å²) in [6.07, 6.45) is 0. The van der Waals surface area contributed by atoms with E-state index in [-0.39, 0.29) is 0 Å². The first kappa shape index (κ1) is 8.27. The molecule has 2 aromatic heterocycles. The van der Waals surface area contributed by atoms with E-state index in [1.807, 2.05) is 22.7 Å². The first-order valence-electron chi connectivity index (χ1n) is 4.05. The van der Waals surface area contributed by atoms with Gasteiger partial charge in [-0.1, -0.05) is 20.8 Å². The van der Waals surface area contributed by atoms with Gasteiger partial charge in [0.15, 0.2) is 0 Å². The zero-order valence-electron chi connectivity index (χ0n) is 7.55. The summed E-state index contributed by atoms with van der Waals surface area (Å²) >= 11 is 3.76. The lowest BCUT2D eigenvalue weighted by molar-refractivity contribution is 0.604. The third kappa shape index (κ3) is 1.29. The average Bonchev–Trinajstić information content (AvgIpc) is 2.37. The van der Waals surface area contributed by atoms with Gasteiger partial charge in [-0.05, 0) is 22.9 Å². The zero-order valence-corrected chi connectivity index (χ0v) is 9.18. The quantitative estimate of drug-likeness (QED) is 0.590. The van der Waals surface area contributed by atoms with Gasteiger partial charge in [0.2, 0.25) is 0 Å². The number of rotatable bonds is 0. The summed E-state index contributed by atoms with van der Waals surface area (Å²) < 4.78 is 2.87. The van der Waals surface area contributed by atoms with E-state index < -0.39 is 0 Å². The maximum Gasteiger partial charge on any atom is 0.0453 e. The van der Waals surface area contributed by atoms with Crippen LogP contribution in [0.5, 0.6) is 0 Å². The standard InChI is InChI=1S/C10H12S2/c1-10(2,3)9-6-8-7(12-9)4-5-11-8/h4-6H,1-3H3. The second-order valence-electron chi connectivity index (χ2n) is 4.01. The molecule has 0 saturated carbocycles. The fourth-order valence-electron chi connectivity index (χ4n) is 1.14. The molecule has 0 saturated heterocycles. The van der Waals surface area contributed by atoms with Crippen LogP contribution in [0.25, 0.3) is 9.40 Å². The fraction of sp³-hybridized carbons (Fsp3) is 0.400. The van der Waals surface area contributed by atoms with Gasteiger partial charge in [0.1, 0.15) is 0 Å². The van der Waals surface area contributed by atoms with Gasteiger partial charge in [-0.2, -0.15) is 0 Å². The highest BCUT2D eigenvalue weighted by Gasteiger charge is 2.16. The molecule has 0 radical (unpaired) electrons. The molecule has 2 heterocycles. The van der Waals surface area contributed by atoms with Gasteiger partial charge < -0.3 is 0 Å². The molecule has 0 unspecified atom stereocenters. The topological polar surface area (TPSA) is 0 Å². The van der Waals surface area contributed by atoms with Crippen LogP contribution in [0, 0.1) is 0 Å². The van der Waals surface area contributed by atoms with E-state index in [9.17, 15) is 0 Å². The van der Waals surface area contributed by atoms with Crippen molar-refractivity contribution in [1.82, 2.24) is 0 Å². The molecule has 0 N–H and O–H groups in total.